The van der Waals surface area contributed by atoms with E-state index in [-0.39, 0.29) is 0 Å². The maximum absolute atomic E-state index is 4.05. The summed E-state index contributed by atoms with van der Waals surface area (Å²) in [5.74, 6) is 0. The van der Waals surface area contributed by atoms with E-state index in [2.05, 4.69) is 26.0 Å². The SMILES string of the molecule is Brc1cnn2ccncc12. The van der Waals surface area contributed by atoms with Gasteiger partial charge in [-0.2, -0.15) is 5.10 Å². The molecule has 0 aliphatic rings. The summed E-state index contributed by atoms with van der Waals surface area (Å²) in [4.78, 5) is 3.96. The quantitative estimate of drug-likeness (QED) is 0.641. The van der Waals surface area contributed by atoms with Crippen molar-refractivity contribution in [2.45, 2.75) is 0 Å². The number of hydrogen-bond donors (Lipinski definition) is 0. The molecule has 0 spiro atoms. The lowest BCUT2D eigenvalue weighted by atomic mass is 10.5. The third kappa shape index (κ3) is 0.724. The molecule has 2 aromatic heterocycles. The fraction of sp³-hybridized carbons (Fsp3) is 0. The zero-order valence-corrected chi connectivity index (χ0v) is 6.62. The van der Waals surface area contributed by atoms with Crippen molar-refractivity contribution in [3.63, 3.8) is 0 Å². The smallest absolute Gasteiger partial charge is 0.0986 e. The van der Waals surface area contributed by atoms with E-state index in [9.17, 15) is 0 Å². The zero-order valence-electron chi connectivity index (χ0n) is 5.03. The highest BCUT2D eigenvalue weighted by molar-refractivity contribution is 9.10. The molecule has 0 atom stereocenters. The Morgan fingerprint density at radius 2 is 2.30 bits per heavy atom. The van der Waals surface area contributed by atoms with Crippen LogP contribution in [0.2, 0.25) is 0 Å². The number of fused-ring (bicyclic) bond motifs is 1. The van der Waals surface area contributed by atoms with Crippen LogP contribution in [0.1, 0.15) is 0 Å². The summed E-state index contributed by atoms with van der Waals surface area (Å²) in [6, 6.07) is 0. The summed E-state index contributed by atoms with van der Waals surface area (Å²) in [6.45, 7) is 0. The number of hydrogen-bond acceptors (Lipinski definition) is 2. The van der Waals surface area contributed by atoms with Gasteiger partial charge in [0, 0.05) is 12.4 Å². The summed E-state index contributed by atoms with van der Waals surface area (Å²) in [5.41, 5.74) is 0.988. The third-order valence-electron chi connectivity index (χ3n) is 1.28. The molecule has 0 unspecified atom stereocenters. The first-order valence-corrected chi connectivity index (χ1v) is 3.60. The van der Waals surface area contributed by atoms with Crippen LogP contribution in [-0.4, -0.2) is 14.6 Å². The number of halogens is 1. The van der Waals surface area contributed by atoms with Gasteiger partial charge in [-0.25, -0.2) is 4.52 Å². The first-order chi connectivity index (χ1) is 4.88. The summed E-state index contributed by atoms with van der Waals surface area (Å²) < 4.78 is 2.73. The van der Waals surface area contributed by atoms with Crippen molar-refractivity contribution in [3.8, 4) is 0 Å². The molecular weight excluding hydrogens is 194 g/mol. The average molecular weight is 198 g/mol. The molecule has 0 saturated heterocycles. The van der Waals surface area contributed by atoms with E-state index >= 15 is 0 Å². The first-order valence-electron chi connectivity index (χ1n) is 2.81. The van der Waals surface area contributed by atoms with Crippen LogP contribution < -0.4 is 0 Å². The Morgan fingerprint density at radius 1 is 1.40 bits per heavy atom. The van der Waals surface area contributed by atoms with E-state index in [0.29, 0.717) is 0 Å². The van der Waals surface area contributed by atoms with Crippen molar-refractivity contribution >= 4 is 21.4 Å². The molecule has 4 heteroatoms. The number of rotatable bonds is 0. The van der Waals surface area contributed by atoms with E-state index in [1.807, 2.05) is 0 Å². The molecule has 0 amide bonds. The topological polar surface area (TPSA) is 30.2 Å². The second-order valence-electron chi connectivity index (χ2n) is 1.90. The molecule has 0 radical (unpaired) electrons. The van der Waals surface area contributed by atoms with Gasteiger partial charge in [-0.15, -0.1) is 0 Å². The molecule has 0 aliphatic heterocycles. The Kier molecular flexibility index (Phi) is 1.20. The Balaban J connectivity index is 2.93. The van der Waals surface area contributed by atoms with Gasteiger partial charge in [0.05, 0.1) is 22.4 Å². The minimum Gasteiger partial charge on any atom is -0.261 e. The van der Waals surface area contributed by atoms with Gasteiger partial charge in [-0.1, -0.05) is 0 Å². The molecule has 2 rings (SSSR count). The van der Waals surface area contributed by atoms with Crippen LogP contribution in [0, 0.1) is 0 Å². The maximum Gasteiger partial charge on any atom is 0.0986 e. The van der Waals surface area contributed by atoms with Crippen LogP contribution in [0.15, 0.2) is 29.3 Å². The van der Waals surface area contributed by atoms with Gasteiger partial charge < -0.3 is 0 Å². The van der Waals surface area contributed by atoms with Crippen molar-refractivity contribution in [1.82, 2.24) is 14.6 Å². The van der Waals surface area contributed by atoms with E-state index in [1.54, 1.807) is 29.3 Å². The highest BCUT2D eigenvalue weighted by Crippen LogP contribution is 2.14. The Morgan fingerprint density at radius 3 is 3.10 bits per heavy atom. The van der Waals surface area contributed by atoms with Crippen LogP contribution in [0.4, 0.5) is 0 Å². The molecule has 0 bridgehead atoms. The lowest BCUT2D eigenvalue weighted by molar-refractivity contribution is 0.946. The van der Waals surface area contributed by atoms with E-state index in [1.165, 1.54) is 0 Å². The van der Waals surface area contributed by atoms with Gasteiger partial charge in [-0.05, 0) is 15.9 Å². The van der Waals surface area contributed by atoms with Gasteiger partial charge in [0.1, 0.15) is 0 Å². The normalized spacial score (nSPS) is 10.5. The van der Waals surface area contributed by atoms with E-state index in [4.69, 9.17) is 0 Å². The van der Waals surface area contributed by atoms with Crippen molar-refractivity contribution in [1.29, 1.82) is 0 Å². The van der Waals surface area contributed by atoms with Crippen LogP contribution in [-0.2, 0) is 0 Å². The average Bonchev–Trinajstić information content (AvgIpc) is 2.34. The highest BCUT2D eigenvalue weighted by Gasteiger charge is 1.96. The summed E-state index contributed by atoms with van der Waals surface area (Å²) in [7, 11) is 0. The van der Waals surface area contributed by atoms with Gasteiger partial charge in [0.25, 0.3) is 0 Å². The zero-order chi connectivity index (χ0) is 6.97. The van der Waals surface area contributed by atoms with Crippen molar-refractivity contribution < 1.29 is 0 Å². The Labute approximate surface area is 65.8 Å². The lowest BCUT2D eigenvalue weighted by Gasteiger charge is -1.87. The standard InChI is InChI=1S/C6H4BrN3/c7-5-3-9-10-2-1-8-4-6(5)10/h1-4H. The molecule has 0 aromatic carbocycles. The van der Waals surface area contributed by atoms with Gasteiger partial charge >= 0.3 is 0 Å². The minimum atomic E-state index is 0.973. The van der Waals surface area contributed by atoms with Gasteiger partial charge in [0.2, 0.25) is 0 Å². The molecule has 0 saturated carbocycles. The van der Waals surface area contributed by atoms with Crippen molar-refractivity contribution in [2.75, 3.05) is 0 Å². The predicted molar refractivity (Wildman–Crippen MR) is 40.7 cm³/mol. The molecule has 50 valence electrons. The second-order valence-corrected chi connectivity index (χ2v) is 2.75. The largest absolute Gasteiger partial charge is 0.261 e. The monoisotopic (exact) mass is 197 g/mol. The number of nitrogens with zero attached hydrogens (tertiary/aromatic N) is 3. The summed E-state index contributed by atoms with van der Waals surface area (Å²) >= 11 is 3.34. The number of aromatic nitrogens is 3. The molecular formula is C6H4BrN3. The predicted octanol–water partition coefficient (Wildman–Crippen LogP) is 1.49. The molecule has 3 nitrogen and oxygen atoms in total. The maximum atomic E-state index is 4.05. The summed E-state index contributed by atoms with van der Waals surface area (Å²) in [6.07, 6.45) is 7.01. The molecule has 2 heterocycles. The molecule has 0 fully saturated rings. The van der Waals surface area contributed by atoms with E-state index < -0.39 is 0 Å². The van der Waals surface area contributed by atoms with Crippen LogP contribution >= 0.6 is 15.9 Å². The molecule has 10 heavy (non-hydrogen) atoms. The Bertz CT molecular complexity index is 355. The fourth-order valence-corrected chi connectivity index (χ4v) is 1.18. The first kappa shape index (κ1) is 5.85. The molecule has 0 aliphatic carbocycles. The van der Waals surface area contributed by atoms with Gasteiger partial charge in [0.15, 0.2) is 0 Å². The second kappa shape index (κ2) is 2.05. The molecule has 2 aromatic rings. The summed E-state index contributed by atoms with van der Waals surface area (Å²) in [5, 5.41) is 4.05. The minimum absolute atomic E-state index is 0.973. The van der Waals surface area contributed by atoms with Crippen LogP contribution in [0.25, 0.3) is 5.52 Å². The van der Waals surface area contributed by atoms with Crippen LogP contribution in [0.5, 0.6) is 0 Å². The lowest BCUT2D eigenvalue weighted by Crippen LogP contribution is -1.84. The van der Waals surface area contributed by atoms with Crippen molar-refractivity contribution in [3.05, 3.63) is 29.3 Å². The fourth-order valence-electron chi connectivity index (χ4n) is 0.806. The highest BCUT2D eigenvalue weighted by atomic mass is 79.9. The Hall–Kier alpha value is -0.900. The van der Waals surface area contributed by atoms with Gasteiger partial charge in [-0.3, -0.25) is 4.98 Å². The van der Waals surface area contributed by atoms with Crippen molar-refractivity contribution in [2.24, 2.45) is 0 Å². The molecule has 0 N–H and O–H groups in total. The third-order valence-corrected chi connectivity index (χ3v) is 1.89. The van der Waals surface area contributed by atoms with E-state index in [0.717, 1.165) is 9.99 Å². The van der Waals surface area contributed by atoms with Crippen LogP contribution in [0.3, 0.4) is 0 Å².